The van der Waals surface area contributed by atoms with Crippen LogP contribution in [-0.4, -0.2) is 55.8 Å². The van der Waals surface area contributed by atoms with E-state index in [1.165, 1.54) is 19.1 Å². The number of benzene rings is 1. The number of ether oxygens (including phenoxy) is 2. The number of rotatable bonds is 8. The summed E-state index contributed by atoms with van der Waals surface area (Å²) in [5.74, 6) is -0.690. The number of amides is 1. The number of hydrogen-bond donors (Lipinski definition) is 0. The van der Waals surface area contributed by atoms with Gasteiger partial charge in [0.05, 0.1) is 20.1 Å². The van der Waals surface area contributed by atoms with E-state index in [0.29, 0.717) is 23.9 Å². The molecule has 0 saturated heterocycles. The van der Waals surface area contributed by atoms with E-state index in [-0.39, 0.29) is 24.6 Å². The van der Waals surface area contributed by atoms with E-state index in [1.54, 1.807) is 24.3 Å². The highest BCUT2D eigenvalue weighted by molar-refractivity contribution is 6.30. The fourth-order valence-corrected chi connectivity index (χ4v) is 2.35. The highest BCUT2D eigenvalue weighted by Crippen LogP contribution is 2.23. The molecule has 1 amide bonds. The normalized spacial score (nSPS) is 10.5. The van der Waals surface area contributed by atoms with Crippen molar-refractivity contribution in [2.24, 2.45) is 0 Å². The lowest BCUT2D eigenvalue weighted by Crippen LogP contribution is -2.35. The van der Waals surface area contributed by atoms with E-state index < -0.39 is 5.97 Å². The van der Waals surface area contributed by atoms with Crippen LogP contribution in [0.25, 0.3) is 11.3 Å². The van der Waals surface area contributed by atoms with Crippen molar-refractivity contribution in [2.75, 3.05) is 33.9 Å². The minimum atomic E-state index is -0.396. The van der Waals surface area contributed by atoms with Crippen molar-refractivity contribution in [1.29, 1.82) is 0 Å². The van der Waals surface area contributed by atoms with Crippen LogP contribution in [0.5, 0.6) is 0 Å². The largest absolute Gasteiger partial charge is 0.469 e. The number of methoxy groups -OCH3 is 2. The van der Waals surface area contributed by atoms with Gasteiger partial charge in [-0.25, -0.2) is 0 Å². The lowest BCUT2D eigenvalue weighted by molar-refractivity contribution is -0.140. The zero-order valence-electron chi connectivity index (χ0n) is 14.0. The molecule has 0 saturated carbocycles. The zero-order chi connectivity index (χ0) is 18.2. The summed E-state index contributed by atoms with van der Waals surface area (Å²) < 4.78 is 14.8. The smallest absolute Gasteiger partial charge is 0.307 e. The van der Waals surface area contributed by atoms with Crippen molar-refractivity contribution in [3.8, 4) is 11.3 Å². The molecule has 1 heterocycles. The van der Waals surface area contributed by atoms with Gasteiger partial charge in [0.15, 0.2) is 0 Å². The van der Waals surface area contributed by atoms with E-state index in [0.717, 1.165) is 5.56 Å². The Morgan fingerprint density at radius 3 is 2.72 bits per heavy atom. The van der Waals surface area contributed by atoms with E-state index in [1.807, 2.05) is 6.07 Å². The molecule has 7 nitrogen and oxygen atoms in total. The van der Waals surface area contributed by atoms with Gasteiger partial charge in [0, 0.05) is 36.9 Å². The van der Waals surface area contributed by atoms with Crippen LogP contribution in [-0.2, 0) is 14.3 Å². The van der Waals surface area contributed by atoms with Crippen LogP contribution in [0.1, 0.15) is 17.0 Å². The summed E-state index contributed by atoms with van der Waals surface area (Å²) in [6, 6.07) is 8.63. The van der Waals surface area contributed by atoms with Crippen LogP contribution >= 0.6 is 11.6 Å². The second kappa shape index (κ2) is 9.19. The minimum Gasteiger partial charge on any atom is -0.469 e. The maximum atomic E-state index is 12.6. The molecule has 0 spiro atoms. The molecule has 2 rings (SSSR count). The van der Waals surface area contributed by atoms with Crippen molar-refractivity contribution in [3.05, 3.63) is 41.1 Å². The second-order valence-corrected chi connectivity index (χ2v) is 5.63. The summed E-state index contributed by atoms with van der Waals surface area (Å²) in [7, 11) is 2.84. The van der Waals surface area contributed by atoms with E-state index in [9.17, 15) is 9.59 Å². The van der Waals surface area contributed by atoms with Crippen LogP contribution in [0.3, 0.4) is 0 Å². The van der Waals surface area contributed by atoms with Crippen LogP contribution in [0.15, 0.2) is 34.9 Å². The number of hydrogen-bond acceptors (Lipinski definition) is 6. The summed E-state index contributed by atoms with van der Waals surface area (Å²) in [6.45, 7) is 0.851. The summed E-state index contributed by atoms with van der Waals surface area (Å²) in [6.07, 6.45) is 0.0846. The SMILES string of the molecule is COCCN(CCC(=O)OC)C(=O)c1cc(-c2cccc(Cl)c2)no1. The molecule has 1 aromatic carbocycles. The van der Waals surface area contributed by atoms with Crippen molar-refractivity contribution >= 4 is 23.5 Å². The average Bonchev–Trinajstić information content (AvgIpc) is 3.11. The zero-order valence-corrected chi connectivity index (χ0v) is 14.8. The fraction of sp³-hybridized carbons (Fsp3) is 0.353. The quantitative estimate of drug-likeness (QED) is 0.668. The van der Waals surface area contributed by atoms with Gasteiger partial charge in [0.2, 0.25) is 5.76 Å². The predicted octanol–water partition coefficient (Wildman–Crippen LogP) is 2.65. The molecular formula is C17H19ClN2O5. The van der Waals surface area contributed by atoms with Crippen LogP contribution in [0.4, 0.5) is 0 Å². The van der Waals surface area contributed by atoms with Crippen molar-refractivity contribution in [3.63, 3.8) is 0 Å². The van der Waals surface area contributed by atoms with Crippen LogP contribution < -0.4 is 0 Å². The molecule has 1 aromatic heterocycles. The number of nitrogens with zero attached hydrogens (tertiary/aromatic N) is 2. The Balaban J connectivity index is 2.13. The monoisotopic (exact) mass is 366 g/mol. The third-order valence-corrected chi connectivity index (χ3v) is 3.74. The molecule has 0 N–H and O–H groups in total. The Morgan fingerprint density at radius 2 is 2.04 bits per heavy atom. The standard InChI is InChI=1S/C17H19ClN2O5/c1-23-9-8-20(7-6-16(21)24-2)17(22)15-11-14(19-25-15)12-4-3-5-13(18)10-12/h3-5,10-11H,6-9H2,1-2H3. The Morgan fingerprint density at radius 1 is 1.24 bits per heavy atom. The third-order valence-electron chi connectivity index (χ3n) is 3.51. The Kier molecular flexibility index (Phi) is 6.97. The maximum absolute atomic E-state index is 12.6. The Labute approximate surface area is 150 Å². The summed E-state index contributed by atoms with van der Waals surface area (Å²) in [5.41, 5.74) is 1.25. The molecule has 0 aliphatic carbocycles. The fourth-order valence-electron chi connectivity index (χ4n) is 2.16. The lowest BCUT2D eigenvalue weighted by atomic mass is 10.1. The lowest BCUT2D eigenvalue weighted by Gasteiger charge is -2.20. The Bertz CT molecular complexity index is 731. The maximum Gasteiger partial charge on any atom is 0.307 e. The highest BCUT2D eigenvalue weighted by atomic mass is 35.5. The number of halogens is 1. The predicted molar refractivity (Wildman–Crippen MR) is 91.4 cm³/mol. The molecule has 0 atom stereocenters. The van der Waals surface area contributed by atoms with E-state index in [4.69, 9.17) is 20.9 Å². The molecule has 0 aliphatic rings. The average molecular weight is 367 g/mol. The van der Waals surface area contributed by atoms with Gasteiger partial charge in [0.25, 0.3) is 5.91 Å². The number of carbonyl (C=O) groups excluding carboxylic acids is 2. The first-order valence-corrected chi connectivity index (χ1v) is 8.00. The van der Waals surface area contributed by atoms with Gasteiger partial charge >= 0.3 is 5.97 Å². The summed E-state index contributed by atoms with van der Waals surface area (Å²) in [5, 5.41) is 4.48. The number of esters is 1. The van der Waals surface area contributed by atoms with Crippen LogP contribution in [0, 0.1) is 0 Å². The first-order chi connectivity index (χ1) is 12.0. The first kappa shape index (κ1) is 19.0. The van der Waals surface area contributed by atoms with Gasteiger partial charge in [-0.2, -0.15) is 0 Å². The van der Waals surface area contributed by atoms with Crippen molar-refractivity contribution in [1.82, 2.24) is 10.1 Å². The topological polar surface area (TPSA) is 81.9 Å². The molecule has 0 fully saturated rings. The second-order valence-electron chi connectivity index (χ2n) is 5.20. The van der Waals surface area contributed by atoms with Gasteiger partial charge in [-0.1, -0.05) is 28.9 Å². The molecule has 25 heavy (non-hydrogen) atoms. The number of aromatic nitrogens is 1. The molecular weight excluding hydrogens is 348 g/mol. The number of carbonyl (C=O) groups is 2. The van der Waals surface area contributed by atoms with Gasteiger partial charge < -0.3 is 18.9 Å². The van der Waals surface area contributed by atoms with E-state index >= 15 is 0 Å². The van der Waals surface area contributed by atoms with Gasteiger partial charge in [0.1, 0.15) is 5.69 Å². The molecule has 8 heteroatoms. The minimum absolute atomic E-state index is 0.0796. The molecule has 2 aromatic rings. The first-order valence-electron chi connectivity index (χ1n) is 7.63. The summed E-state index contributed by atoms with van der Waals surface area (Å²) >= 11 is 5.97. The summed E-state index contributed by atoms with van der Waals surface area (Å²) in [4.78, 5) is 25.4. The molecule has 0 bridgehead atoms. The molecule has 134 valence electrons. The van der Waals surface area contributed by atoms with Crippen LogP contribution in [0.2, 0.25) is 5.02 Å². The van der Waals surface area contributed by atoms with Gasteiger partial charge in [-0.15, -0.1) is 0 Å². The highest BCUT2D eigenvalue weighted by Gasteiger charge is 2.21. The molecule has 0 unspecified atom stereocenters. The molecule has 0 radical (unpaired) electrons. The van der Waals surface area contributed by atoms with Crippen molar-refractivity contribution < 1.29 is 23.6 Å². The molecule has 0 aliphatic heterocycles. The van der Waals surface area contributed by atoms with Gasteiger partial charge in [-0.3, -0.25) is 9.59 Å². The third kappa shape index (κ3) is 5.30. The van der Waals surface area contributed by atoms with Crippen molar-refractivity contribution in [2.45, 2.75) is 6.42 Å². The van der Waals surface area contributed by atoms with Gasteiger partial charge in [-0.05, 0) is 12.1 Å². The van der Waals surface area contributed by atoms with E-state index in [2.05, 4.69) is 9.89 Å². The Hall–Kier alpha value is -2.38.